The van der Waals surface area contributed by atoms with E-state index in [4.69, 9.17) is 9.97 Å². The number of benzene rings is 8. The number of nitrogens with zero attached hydrogens (tertiary/aromatic N) is 3. The molecule has 12 rings (SSSR count). The molecule has 0 amide bonds. The largest absolute Gasteiger partial charge is 0.309 e. The Kier molecular flexibility index (Phi) is 6.40. The van der Waals surface area contributed by atoms with Gasteiger partial charge in [-0.2, -0.15) is 0 Å². The first kappa shape index (κ1) is 31.3. The summed E-state index contributed by atoms with van der Waals surface area (Å²) in [4.78, 5) is 10.1. The van der Waals surface area contributed by atoms with Crippen LogP contribution >= 0.6 is 0 Å². The third-order valence-electron chi connectivity index (χ3n) is 12.4. The van der Waals surface area contributed by atoms with Crippen LogP contribution in [0.1, 0.15) is 25.0 Å². The van der Waals surface area contributed by atoms with Crippen molar-refractivity contribution in [2.45, 2.75) is 19.3 Å². The van der Waals surface area contributed by atoms with Gasteiger partial charge in [0.1, 0.15) is 0 Å². The zero-order valence-electron chi connectivity index (χ0n) is 31.1. The minimum Gasteiger partial charge on any atom is -0.309 e. The first-order chi connectivity index (χ1) is 27.5. The van der Waals surface area contributed by atoms with Crippen LogP contribution in [0.5, 0.6) is 0 Å². The fourth-order valence-corrected chi connectivity index (χ4v) is 9.68. The average molecular weight is 714 g/mol. The van der Waals surface area contributed by atoms with Crippen molar-refractivity contribution in [3.05, 3.63) is 187 Å². The van der Waals surface area contributed by atoms with Gasteiger partial charge in [-0.15, -0.1) is 0 Å². The fraction of sp³-hybridized carbons (Fsp3) is 0.0566. The maximum absolute atomic E-state index is 5.32. The van der Waals surface area contributed by atoms with E-state index in [1.54, 1.807) is 0 Å². The summed E-state index contributed by atoms with van der Waals surface area (Å²) in [5.74, 6) is 0. The number of rotatable bonds is 3. The third-order valence-corrected chi connectivity index (χ3v) is 12.4. The molecule has 0 bridgehead atoms. The van der Waals surface area contributed by atoms with Gasteiger partial charge in [0.2, 0.25) is 0 Å². The van der Waals surface area contributed by atoms with Crippen molar-refractivity contribution in [2.24, 2.45) is 0 Å². The topological polar surface area (TPSA) is 30.7 Å². The lowest BCUT2D eigenvalue weighted by atomic mass is 9.81. The average Bonchev–Trinajstić information content (AvgIpc) is 3.69. The van der Waals surface area contributed by atoms with Crippen LogP contribution in [-0.2, 0) is 5.41 Å². The Bertz CT molecular complexity index is 3440. The van der Waals surface area contributed by atoms with Crippen LogP contribution < -0.4 is 0 Å². The van der Waals surface area contributed by atoms with Crippen molar-refractivity contribution < 1.29 is 0 Å². The molecule has 0 saturated heterocycles. The molecule has 3 aromatic heterocycles. The van der Waals surface area contributed by atoms with E-state index < -0.39 is 0 Å². The lowest BCUT2D eigenvalue weighted by Gasteiger charge is -2.23. The molecule has 3 heteroatoms. The Morgan fingerprint density at radius 1 is 0.446 bits per heavy atom. The number of pyridine rings is 2. The number of hydrogen-bond donors (Lipinski definition) is 0. The normalized spacial score (nSPS) is 13.3. The Labute approximate surface area is 324 Å². The second-order valence-electron chi connectivity index (χ2n) is 15.8. The summed E-state index contributed by atoms with van der Waals surface area (Å²) >= 11 is 0. The molecule has 1 aliphatic rings. The van der Waals surface area contributed by atoms with Crippen molar-refractivity contribution >= 4 is 65.2 Å². The molecule has 0 N–H and O–H groups in total. The number of aromatic nitrogens is 3. The van der Waals surface area contributed by atoms with E-state index >= 15 is 0 Å². The highest BCUT2D eigenvalue weighted by atomic mass is 15.0. The molecule has 8 aromatic carbocycles. The van der Waals surface area contributed by atoms with E-state index in [1.807, 2.05) is 12.3 Å². The van der Waals surface area contributed by atoms with Crippen LogP contribution in [0.4, 0.5) is 0 Å². The van der Waals surface area contributed by atoms with Crippen molar-refractivity contribution in [2.75, 3.05) is 0 Å². The monoisotopic (exact) mass is 713 g/mol. The summed E-state index contributed by atoms with van der Waals surface area (Å²) in [6.07, 6.45) is 1.86. The van der Waals surface area contributed by atoms with Crippen LogP contribution in [0.2, 0.25) is 0 Å². The zero-order valence-corrected chi connectivity index (χ0v) is 31.1. The Hall–Kier alpha value is -7.10. The summed E-state index contributed by atoms with van der Waals surface area (Å²) in [5.41, 5.74) is 15.2. The van der Waals surface area contributed by atoms with Gasteiger partial charge in [0.05, 0.1) is 27.8 Å². The third kappa shape index (κ3) is 4.34. The van der Waals surface area contributed by atoms with Gasteiger partial charge in [-0.25, -0.2) is 4.98 Å². The molecule has 56 heavy (non-hydrogen) atoms. The van der Waals surface area contributed by atoms with Gasteiger partial charge < -0.3 is 4.57 Å². The molecular formula is C53H35N3. The van der Waals surface area contributed by atoms with Gasteiger partial charge >= 0.3 is 0 Å². The molecule has 0 unspecified atom stereocenters. The van der Waals surface area contributed by atoms with Crippen LogP contribution in [-0.4, -0.2) is 14.5 Å². The van der Waals surface area contributed by atoms with E-state index in [0.717, 1.165) is 33.1 Å². The van der Waals surface area contributed by atoms with Crippen LogP contribution in [0.25, 0.3) is 104 Å². The molecule has 0 saturated carbocycles. The molecule has 3 nitrogen and oxygen atoms in total. The van der Waals surface area contributed by atoms with Crippen molar-refractivity contribution in [3.63, 3.8) is 0 Å². The predicted octanol–water partition coefficient (Wildman–Crippen LogP) is 13.8. The molecule has 0 spiro atoms. The van der Waals surface area contributed by atoms with Crippen LogP contribution in [0.15, 0.2) is 176 Å². The summed E-state index contributed by atoms with van der Waals surface area (Å²) in [5, 5.41) is 9.65. The summed E-state index contributed by atoms with van der Waals surface area (Å²) < 4.78 is 2.43. The Morgan fingerprint density at radius 2 is 1.14 bits per heavy atom. The van der Waals surface area contributed by atoms with Crippen LogP contribution in [0, 0.1) is 0 Å². The van der Waals surface area contributed by atoms with E-state index in [9.17, 15) is 0 Å². The maximum atomic E-state index is 5.32. The SMILES string of the molecule is CC1(C)c2cc(-c3ccc(-c4ccc5ccc6cccnc6c5n4)c4c3ccc3ccccc34)ccc2-c2cc3c4ccccc4n(-c4ccccc4)c3cc21. The Balaban J connectivity index is 1.06. The van der Waals surface area contributed by atoms with E-state index in [0.29, 0.717) is 0 Å². The molecule has 1 aliphatic carbocycles. The molecule has 11 aromatic rings. The number of para-hydroxylation sites is 2. The Morgan fingerprint density at radius 3 is 2.04 bits per heavy atom. The molecule has 0 fully saturated rings. The predicted molar refractivity (Wildman–Crippen MR) is 235 cm³/mol. The molecule has 0 radical (unpaired) electrons. The number of hydrogen-bond acceptors (Lipinski definition) is 2. The van der Waals surface area contributed by atoms with Crippen molar-refractivity contribution in [3.8, 4) is 39.2 Å². The summed E-state index contributed by atoms with van der Waals surface area (Å²) in [6, 6.07) is 62.2. The maximum Gasteiger partial charge on any atom is 0.0972 e. The lowest BCUT2D eigenvalue weighted by Crippen LogP contribution is -2.15. The fourth-order valence-electron chi connectivity index (χ4n) is 9.68. The van der Waals surface area contributed by atoms with Gasteiger partial charge in [0.15, 0.2) is 0 Å². The van der Waals surface area contributed by atoms with Gasteiger partial charge in [0, 0.05) is 44.4 Å². The highest BCUT2D eigenvalue weighted by Gasteiger charge is 2.37. The quantitative estimate of drug-likeness (QED) is 0.171. The van der Waals surface area contributed by atoms with E-state index in [-0.39, 0.29) is 5.41 Å². The lowest BCUT2D eigenvalue weighted by molar-refractivity contribution is 0.661. The number of fused-ring (bicyclic) bond motifs is 12. The zero-order chi connectivity index (χ0) is 37.1. The highest BCUT2D eigenvalue weighted by molar-refractivity contribution is 6.18. The van der Waals surface area contributed by atoms with Gasteiger partial charge in [-0.05, 0) is 103 Å². The van der Waals surface area contributed by atoms with Crippen molar-refractivity contribution in [1.82, 2.24) is 14.5 Å². The first-order valence-corrected chi connectivity index (χ1v) is 19.4. The molecule has 3 heterocycles. The van der Waals surface area contributed by atoms with Gasteiger partial charge in [-0.1, -0.05) is 135 Å². The molecule has 262 valence electrons. The second-order valence-corrected chi connectivity index (χ2v) is 15.8. The standard InChI is InChI=1S/C53H35N3/c1-53(2)45-29-35(21-23-39(45)43-30-44-40-16-8-9-17-48(40)56(49(44)31-46(43)53)36-13-4-3-5-14-36)37-25-26-42(50-38-15-7-6-11-32(38)20-24-41(37)50)47-27-22-34-19-18-33-12-10-28-54-51(33)52(34)55-47/h3-31H,1-2H3. The first-order valence-electron chi connectivity index (χ1n) is 19.4. The van der Waals surface area contributed by atoms with Gasteiger partial charge in [0.25, 0.3) is 0 Å². The second kappa shape index (κ2) is 11.5. The minimum atomic E-state index is -0.193. The van der Waals surface area contributed by atoms with Gasteiger partial charge in [-0.3, -0.25) is 4.98 Å². The highest BCUT2D eigenvalue weighted by Crippen LogP contribution is 2.52. The van der Waals surface area contributed by atoms with Crippen molar-refractivity contribution in [1.29, 1.82) is 0 Å². The molecular weight excluding hydrogens is 679 g/mol. The summed E-state index contributed by atoms with van der Waals surface area (Å²) in [6.45, 7) is 4.78. The summed E-state index contributed by atoms with van der Waals surface area (Å²) in [7, 11) is 0. The van der Waals surface area contributed by atoms with E-state index in [2.05, 4.69) is 182 Å². The van der Waals surface area contributed by atoms with E-state index in [1.165, 1.54) is 82.4 Å². The molecule has 0 aliphatic heterocycles. The van der Waals surface area contributed by atoms with Crippen LogP contribution in [0.3, 0.4) is 0 Å². The molecule has 0 atom stereocenters. The minimum absolute atomic E-state index is 0.193. The smallest absolute Gasteiger partial charge is 0.0972 e.